The third kappa shape index (κ3) is 13.5. The van der Waals surface area contributed by atoms with E-state index in [1.807, 2.05) is 13.0 Å². The molecule has 0 aliphatic carbocycles. The highest BCUT2D eigenvalue weighted by atomic mass is 16.6. The molecular formula is C46H68N10O8. The number of nitrogens with two attached hydrogens (primary N) is 2. The van der Waals surface area contributed by atoms with E-state index in [1.165, 1.54) is 12.5 Å². The number of benzene rings is 1. The number of nitrogens with zero attached hydrogens (tertiary/aromatic N) is 3. The lowest BCUT2D eigenvalue weighted by atomic mass is 9.76. The quantitative estimate of drug-likeness (QED) is 0.0664. The number of aromatic nitrogens is 3. The number of hydrogen-bond donors (Lipinski definition) is 8. The van der Waals surface area contributed by atoms with E-state index >= 15 is 14.4 Å². The molecule has 64 heavy (non-hydrogen) atoms. The molecule has 4 rings (SSSR count). The number of carbonyl (C=O) groups excluding carboxylic acids is 6. The highest BCUT2D eigenvalue weighted by molar-refractivity contribution is 6.08. The monoisotopic (exact) mass is 889 g/mol. The second-order valence-electron chi connectivity index (χ2n) is 18.0. The van der Waals surface area contributed by atoms with Crippen molar-refractivity contribution in [2.75, 3.05) is 13.1 Å². The Labute approximate surface area is 375 Å². The topological polar surface area (TPSA) is 277 Å². The van der Waals surface area contributed by atoms with Crippen molar-refractivity contribution in [1.29, 1.82) is 0 Å². The van der Waals surface area contributed by atoms with Crippen LogP contribution in [0.5, 0.6) is 0 Å². The number of rotatable bonds is 22. The molecule has 10 N–H and O–H groups in total. The number of amides is 5. The number of imide groups is 1. The SMILES string of the molecule is CC[C@H](C)[C@H](NC(=O)C(CN)(C(O)C(CC(C)C)C(=O)OC(C)(C)C)N(C(=O)[C@@H]1CCCN1)C(=O)[C@H](Cc1c[nH]cn1)NC(=O)[C@@H](N)Cc1ccccc1)C(=O)NCc1ccccn1. The summed E-state index contributed by atoms with van der Waals surface area (Å²) in [5.74, 6) is -7.87. The van der Waals surface area contributed by atoms with Gasteiger partial charge in [-0.2, -0.15) is 0 Å². The van der Waals surface area contributed by atoms with Gasteiger partial charge in [0.2, 0.25) is 17.7 Å². The van der Waals surface area contributed by atoms with Gasteiger partial charge in [0, 0.05) is 25.4 Å². The first kappa shape index (κ1) is 51.1. The first-order valence-corrected chi connectivity index (χ1v) is 22.1. The number of esters is 1. The Balaban J connectivity index is 1.94. The molecule has 1 fully saturated rings. The standard InChI is InChI=1S/C46H68N10O8/c1-8-29(4)37(40(59)52-25-31-17-12-13-19-50-31)55-44(63)46(26-47,38(57)33(21-28(2)3)43(62)64-45(5,6)7)56(41(60)35-18-14-20-51-35)42(61)36(23-32-24-49-27-53-32)54-39(58)34(48)22-30-15-10-9-11-16-30/h9-13,15-17,19,24,27-29,33-38,51,57H,8,14,18,20-23,25-26,47-48H2,1-7H3,(H,49,53)(H,52,59)(H,54,58)(H,55,63)/t29-,33?,34-,35-,36-,37-,38?,46?/m0/s1. The van der Waals surface area contributed by atoms with Crippen molar-refractivity contribution < 1.29 is 38.6 Å². The van der Waals surface area contributed by atoms with E-state index in [9.17, 15) is 19.5 Å². The molecule has 0 radical (unpaired) electrons. The summed E-state index contributed by atoms with van der Waals surface area (Å²) in [6.45, 7) is 11.6. The average molecular weight is 889 g/mol. The summed E-state index contributed by atoms with van der Waals surface area (Å²) in [6.07, 6.45) is 3.15. The molecule has 350 valence electrons. The Bertz CT molecular complexity index is 1990. The van der Waals surface area contributed by atoms with Gasteiger partial charge in [0.1, 0.15) is 23.8 Å². The van der Waals surface area contributed by atoms with E-state index in [4.69, 9.17) is 16.2 Å². The summed E-state index contributed by atoms with van der Waals surface area (Å²) >= 11 is 0. The number of imidazole rings is 1. The largest absolute Gasteiger partial charge is 0.460 e. The minimum absolute atomic E-state index is 0.0136. The van der Waals surface area contributed by atoms with Crippen LogP contribution in [-0.4, -0.2) is 115 Å². The Morgan fingerprint density at radius 1 is 0.953 bits per heavy atom. The number of H-pyrrole nitrogens is 1. The van der Waals surface area contributed by atoms with E-state index in [0.29, 0.717) is 35.7 Å². The third-order valence-electron chi connectivity index (χ3n) is 11.4. The van der Waals surface area contributed by atoms with Crippen molar-refractivity contribution in [3.05, 3.63) is 84.2 Å². The van der Waals surface area contributed by atoms with E-state index in [2.05, 4.69) is 36.2 Å². The fourth-order valence-electron chi connectivity index (χ4n) is 7.76. The van der Waals surface area contributed by atoms with Gasteiger partial charge < -0.3 is 47.6 Å². The summed E-state index contributed by atoms with van der Waals surface area (Å²) in [4.78, 5) is 101. The van der Waals surface area contributed by atoms with Crippen LogP contribution in [0.2, 0.25) is 0 Å². The molecule has 5 amide bonds. The maximum atomic E-state index is 15.6. The van der Waals surface area contributed by atoms with Gasteiger partial charge in [-0.3, -0.25) is 38.7 Å². The maximum absolute atomic E-state index is 15.6. The molecule has 2 aromatic heterocycles. The molecule has 3 aromatic rings. The van der Waals surface area contributed by atoms with Crippen molar-refractivity contribution in [2.24, 2.45) is 29.2 Å². The first-order valence-electron chi connectivity index (χ1n) is 22.1. The number of aliphatic hydroxyl groups excluding tert-OH is 1. The zero-order chi connectivity index (χ0) is 47.2. The van der Waals surface area contributed by atoms with E-state index in [1.54, 1.807) is 90.2 Å². The molecule has 1 aromatic carbocycles. The Morgan fingerprint density at radius 3 is 2.22 bits per heavy atom. The molecule has 1 saturated heterocycles. The minimum atomic E-state index is -2.79. The van der Waals surface area contributed by atoms with Crippen molar-refractivity contribution in [3.63, 3.8) is 0 Å². The number of aliphatic hydroxyl groups is 1. The lowest BCUT2D eigenvalue weighted by molar-refractivity contribution is -0.180. The smallest absolute Gasteiger partial charge is 0.312 e. The van der Waals surface area contributed by atoms with Crippen LogP contribution in [-0.2, 0) is 52.9 Å². The van der Waals surface area contributed by atoms with Crippen molar-refractivity contribution in [2.45, 2.75) is 135 Å². The summed E-state index contributed by atoms with van der Waals surface area (Å²) in [7, 11) is 0. The van der Waals surface area contributed by atoms with Gasteiger partial charge >= 0.3 is 5.97 Å². The minimum Gasteiger partial charge on any atom is -0.460 e. The van der Waals surface area contributed by atoms with Crippen LogP contribution >= 0.6 is 0 Å². The van der Waals surface area contributed by atoms with Crippen LogP contribution in [0.15, 0.2) is 67.3 Å². The van der Waals surface area contributed by atoms with Crippen LogP contribution < -0.4 is 32.7 Å². The van der Waals surface area contributed by atoms with Gasteiger partial charge in [0.15, 0.2) is 5.54 Å². The van der Waals surface area contributed by atoms with E-state index in [-0.39, 0.29) is 38.1 Å². The van der Waals surface area contributed by atoms with Crippen LogP contribution in [0.3, 0.4) is 0 Å². The van der Waals surface area contributed by atoms with Gasteiger partial charge in [-0.1, -0.05) is 70.5 Å². The first-order chi connectivity index (χ1) is 30.3. The zero-order valence-electron chi connectivity index (χ0n) is 38.1. The number of pyridine rings is 1. The van der Waals surface area contributed by atoms with Crippen LogP contribution in [0.1, 0.15) is 91.1 Å². The maximum Gasteiger partial charge on any atom is 0.312 e. The summed E-state index contributed by atoms with van der Waals surface area (Å²) < 4.78 is 5.81. The van der Waals surface area contributed by atoms with Crippen LogP contribution in [0, 0.1) is 17.8 Å². The molecule has 1 aliphatic rings. The summed E-state index contributed by atoms with van der Waals surface area (Å²) in [5, 5.41) is 24.3. The average Bonchev–Trinajstić information content (AvgIpc) is 4.00. The molecule has 18 nitrogen and oxygen atoms in total. The van der Waals surface area contributed by atoms with Crippen LogP contribution in [0.25, 0.3) is 0 Å². The molecule has 3 unspecified atom stereocenters. The fraction of sp³-hybridized carbons (Fsp3) is 0.565. The molecule has 3 heterocycles. The number of hydrogen-bond acceptors (Lipinski definition) is 13. The van der Waals surface area contributed by atoms with Gasteiger partial charge in [-0.05, 0) is 82.5 Å². The van der Waals surface area contributed by atoms with Crippen molar-refractivity contribution >= 4 is 35.5 Å². The van der Waals surface area contributed by atoms with E-state index < -0.39 is 95.3 Å². The molecule has 0 spiro atoms. The Morgan fingerprint density at radius 2 is 1.66 bits per heavy atom. The highest BCUT2D eigenvalue weighted by Gasteiger charge is 2.60. The van der Waals surface area contributed by atoms with E-state index in [0.717, 1.165) is 5.56 Å². The second kappa shape index (κ2) is 23.4. The predicted molar refractivity (Wildman–Crippen MR) is 239 cm³/mol. The zero-order valence-corrected chi connectivity index (χ0v) is 38.1. The highest BCUT2D eigenvalue weighted by Crippen LogP contribution is 2.34. The third-order valence-corrected chi connectivity index (χ3v) is 11.4. The fourth-order valence-corrected chi connectivity index (χ4v) is 7.76. The number of aromatic amines is 1. The second-order valence-corrected chi connectivity index (χ2v) is 18.0. The van der Waals surface area contributed by atoms with Gasteiger partial charge in [-0.15, -0.1) is 0 Å². The normalized spacial score (nSPS) is 17.8. The lowest BCUT2D eigenvalue weighted by Crippen LogP contribution is -2.77. The molecular weight excluding hydrogens is 821 g/mol. The molecule has 1 aliphatic heterocycles. The molecule has 0 saturated carbocycles. The Hall–Kier alpha value is -5.56. The van der Waals surface area contributed by atoms with Gasteiger partial charge in [0.05, 0.1) is 42.3 Å². The van der Waals surface area contributed by atoms with Crippen molar-refractivity contribution in [3.8, 4) is 0 Å². The predicted octanol–water partition coefficient (Wildman–Crippen LogP) is 1.42. The molecule has 18 heteroatoms. The summed E-state index contributed by atoms with van der Waals surface area (Å²) in [6, 6.07) is 9.11. The van der Waals surface area contributed by atoms with Crippen molar-refractivity contribution in [1.82, 2.24) is 41.1 Å². The number of ether oxygens (including phenoxy) is 1. The number of carbonyl (C=O) groups is 6. The Kier molecular flexibility index (Phi) is 18.7. The molecule has 0 bridgehead atoms. The number of nitrogens with one attached hydrogen (secondary N) is 5. The van der Waals surface area contributed by atoms with Crippen LogP contribution in [0.4, 0.5) is 0 Å². The summed E-state index contributed by atoms with van der Waals surface area (Å²) in [5.41, 5.74) is 10.9. The lowest BCUT2D eigenvalue weighted by Gasteiger charge is -2.47. The molecule has 8 atom stereocenters. The van der Waals surface area contributed by atoms with Gasteiger partial charge in [0.25, 0.3) is 11.8 Å². The van der Waals surface area contributed by atoms with Gasteiger partial charge in [-0.25, -0.2) is 4.98 Å².